The molecule has 0 aliphatic rings. The summed E-state index contributed by atoms with van der Waals surface area (Å²) >= 11 is 5.79. The van der Waals surface area contributed by atoms with Gasteiger partial charge >= 0.3 is 0 Å². The third-order valence-electron chi connectivity index (χ3n) is 2.97. The first-order valence-corrected chi connectivity index (χ1v) is 5.77. The number of rotatable bonds is 4. The summed E-state index contributed by atoms with van der Waals surface area (Å²) < 4.78 is 0. The van der Waals surface area contributed by atoms with Crippen LogP contribution in [0.2, 0.25) is 5.02 Å². The molecule has 0 aliphatic carbocycles. The third-order valence-corrected chi connectivity index (χ3v) is 3.28. The van der Waals surface area contributed by atoms with E-state index in [2.05, 4.69) is 0 Å². The van der Waals surface area contributed by atoms with Gasteiger partial charge in [0.05, 0.1) is 17.2 Å². The monoisotopic (exact) mass is 279 g/mol. The molecule has 5 heteroatoms. The second-order valence-corrected chi connectivity index (χ2v) is 4.49. The number of aliphatic hydroxyl groups excluding tert-OH is 1. The standard InChI is InChI=1S/C12H18ClNO2.ClH/c1-3-7(2)11(15)10(14)8-5-4-6-9(13)12(8)16;/h4-7,10-11,15-16H,3,14H2,1-2H3;1H/t7?,10-,11+;/m1./s1. The molecule has 0 fully saturated rings. The van der Waals surface area contributed by atoms with Gasteiger partial charge in [-0.3, -0.25) is 0 Å². The van der Waals surface area contributed by atoms with Crippen LogP contribution in [0.15, 0.2) is 18.2 Å². The van der Waals surface area contributed by atoms with E-state index in [0.717, 1.165) is 6.42 Å². The molecule has 1 aromatic rings. The maximum atomic E-state index is 9.98. The second kappa shape index (κ2) is 7.07. The first kappa shape index (κ1) is 16.5. The average molecular weight is 280 g/mol. The largest absolute Gasteiger partial charge is 0.506 e. The van der Waals surface area contributed by atoms with Crippen molar-refractivity contribution in [2.24, 2.45) is 11.7 Å². The first-order chi connectivity index (χ1) is 7.49. The number of para-hydroxylation sites is 1. The van der Waals surface area contributed by atoms with Gasteiger partial charge in [0.1, 0.15) is 5.75 Å². The number of aromatic hydroxyl groups is 1. The van der Waals surface area contributed by atoms with Gasteiger partial charge in [-0.2, -0.15) is 0 Å². The molecule has 1 unspecified atom stereocenters. The Morgan fingerprint density at radius 3 is 2.53 bits per heavy atom. The van der Waals surface area contributed by atoms with Gasteiger partial charge in [-0.1, -0.05) is 44.0 Å². The highest BCUT2D eigenvalue weighted by Crippen LogP contribution is 2.33. The SMILES string of the molecule is CCC(C)[C@H](O)[C@H](N)c1cccc(Cl)c1O.Cl. The van der Waals surface area contributed by atoms with Gasteiger partial charge in [-0.05, 0) is 12.0 Å². The average Bonchev–Trinajstić information content (AvgIpc) is 2.29. The summed E-state index contributed by atoms with van der Waals surface area (Å²) in [5.74, 6) is 0.0346. The predicted molar refractivity (Wildman–Crippen MR) is 72.8 cm³/mol. The lowest BCUT2D eigenvalue weighted by Crippen LogP contribution is -2.31. The molecule has 0 heterocycles. The minimum absolute atomic E-state index is 0. The summed E-state index contributed by atoms with van der Waals surface area (Å²) in [7, 11) is 0. The van der Waals surface area contributed by atoms with E-state index in [-0.39, 0.29) is 29.1 Å². The Balaban J connectivity index is 0.00000256. The molecule has 0 bridgehead atoms. The van der Waals surface area contributed by atoms with Crippen LogP contribution in [0.25, 0.3) is 0 Å². The Morgan fingerprint density at radius 1 is 1.41 bits per heavy atom. The number of hydrogen-bond acceptors (Lipinski definition) is 3. The van der Waals surface area contributed by atoms with Crippen LogP contribution >= 0.6 is 24.0 Å². The first-order valence-electron chi connectivity index (χ1n) is 5.40. The van der Waals surface area contributed by atoms with Crippen molar-refractivity contribution in [3.63, 3.8) is 0 Å². The summed E-state index contributed by atoms with van der Waals surface area (Å²) in [6.45, 7) is 3.91. The van der Waals surface area contributed by atoms with Crippen LogP contribution in [0.3, 0.4) is 0 Å². The molecule has 17 heavy (non-hydrogen) atoms. The number of phenolic OH excluding ortho intramolecular Hbond substituents is 1. The van der Waals surface area contributed by atoms with E-state index in [0.29, 0.717) is 5.56 Å². The summed E-state index contributed by atoms with van der Waals surface area (Å²) in [6, 6.07) is 4.36. The molecular weight excluding hydrogens is 261 g/mol. The zero-order valence-corrected chi connectivity index (χ0v) is 11.5. The number of halogens is 2. The van der Waals surface area contributed by atoms with E-state index in [9.17, 15) is 10.2 Å². The van der Waals surface area contributed by atoms with E-state index in [4.69, 9.17) is 17.3 Å². The number of nitrogens with two attached hydrogens (primary N) is 1. The summed E-state index contributed by atoms with van der Waals surface area (Å²) in [6.07, 6.45) is 0.144. The molecule has 0 aromatic heterocycles. The Bertz CT molecular complexity index is 360. The number of hydrogen-bond donors (Lipinski definition) is 3. The topological polar surface area (TPSA) is 66.5 Å². The van der Waals surface area contributed by atoms with Crippen LogP contribution in [-0.2, 0) is 0 Å². The maximum Gasteiger partial charge on any atom is 0.139 e. The van der Waals surface area contributed by atoms with E-state index in [1.807, 2.05) is 13.8 Å². The molecule has 3 nitrogen and oxygen atoms in total. The molecule has 0 saturated carbocycles. The molecular formula is C12H19Cl2NO2. The van der Waals surface area contributed by atoms with Crippen molar-refractivity contribution in [1.82, 2.24) is 0 Å². The summed E-state index contributed by atoms with van der Waals surface area (Å²) in [5.41, 5.74) is 6.40. The molecule has 3 atom stereocenters. The Hall–Kier alpha value is -0.480. The normalized spacial score (nSPS) is 15.8. The van der Waals surface area contributed by atoms with E-state index >= 15 is 0 Å². The fraction of sp³-hybridized carbons (Fsp3) is 0.500. The minimum Gasteiger partial charge on any atom is -0.506 e. The van der Waals surface area contributed by atoms with E-state index in [1.54, 1.807) is 18.2 Å². The molecule has 1 rings (SSSR count). The zero-order valence-electron chi connectivity index (χ0n) is 9.93. The highest BCUT2D eigenvalue weighted by Gasteiger charge is 2.24. The quantitative estimate of drug-likeness (QED) is 0.794. The molecule has 0 spiro atoms. The molecule has 0 amide bonds. The fourth-order valence-corrected chi connectivity index (χ4v) is 1.76. The van der Waals surface area contributed by atoms with Gasteiger partial charge in [0.15, 0.2) is 0 Å². The van der Waals surface area contributed by atoms with Crippen LogP contribution in [0.1, 0.15) is 31.9 Å². The molecule has 0 saturated heterocycles. The van der Waals surface area contributed by atoms with Crippen molar-refractivity contribution in [2.45, 2.75) is 32.4 Å². The van der Waals surface area contributed by atoms with Crippen molar-refractivity contribution in [1.29, 1.82) is 0 Å². The molecule has 0 radical (unpaired) electrons. The van der Waals surface area contributed by atoms with E-state index in [1.165, 1.54) is 0 Å². The van der Waals surface area contributed by atoms with Crippen molar-refractivity contribution in [3.8, 4) is 5.75 Å². The molecule has 1 aromatic carbocycles. The maximum absolute atomic E-state index is 9.98. The lowest BCUT2D eigenvalue weighted by molar-refractivity contribution is 0.0871. The summed E-state index contributed by atoms with van der Waals surface area (Å²) in [5, 5.41) is 20.0. The number of phenols is 1. The highest BCUT2D eigenvalue weighted by atomic mass is 35.5. The van der Waals surface area contributed by atoms with Gasteiger partial charge in [0.25, 0.3) is 0 Å². The van der Waals surface area contributed by atoms with Crippen LogP contribution in [0.5, 0.6) is 5.75 Å². The van der Waals surface area contributed by atoms with Crippen molar-refractivity contribution >= 4 is 24.0 Å². The third kappa shape index (κ3) is 3.75. The Morgan fingerprint density at radius 2 is 2.00 bits per heavy atom. The van der Waals surface area contributed by atoms with Gasteiger partial charge in [0, 0.05) is 5.56 Å². The van der Waals surface area contributed by atoms with Gasteiger partial charge in [-0.15, -0.1) is 12.4 Å². The molecule has 98 valence electrons. The van der Waals surface area contributed by atoms with Gasteiger partial charge < -0.3 is 15.9 Å². The molecule has 0 aliphatic heterocycles. The lowest BCUT2D eigenvalue weighted by atomic mass is 9.91. The van der Waals surface area contributed by atoms with E-state index < -0.39 is 12.1 Å². The summed E-state index contributed by atoms with van der Waals surface area (Å²) in [4.78, 5) is 0. The Labute approximate surface area is 113 Å². The van der Waals surface area contributed by atoms with Crippen LogP contribution < -0.4 is 5.73 Å². The fourth-order valence-electron chi connectivity index (χ4n) is 1.58. The zero-order chi connectivity index (χ0) is 12.3. The minimum atomic E-state index is -0.686. The van der Waals surface area contributed by atoms with Crippen LogP contribution in [-0.4, -0.2) is 16.3 Å². The van der Waals surface area contributed by atoms with Gasteiger partial charge in [0.2, 0.25) is 0 Å². The predicted octanol–water partition coefficient (Wildman–Crippen LogP) is 2.87. The highest BCUT2D eigenvalue weighted by molar-refractivity contribution is 6.32. The number of benzene rings is 1. The molecule has 4 N–H and O–H groups in total. The lowest BCUT2D eigenvalue weighted by Gasteiger charge is -2.24. The second-order valence-electron chi connectivity index (χ2n) is 4.08. The van der Waals surface area contributed by atoms with Gasteiger partial charge in [-0.25, -0.2) is 0 Å². The van der Waals surface area contributed by atoms with Crippen LogP contribution in [0.4, 0.5) is 0 Å². The number of aliphatic hydroxyl groups is 1. The van der Waals surface area contributed by atoms with Crippen molar-refractivity contribution in [3.05, 3.63) is 28.8 Å². The Kier molecular flexibility index (Phi) is 6.87. The van der Waals surface area contributed by atoms with Crippen molar-refractivity contribution in [2.75, 3.05) is 0 Å². The smallest absolute Gasteiger partial charge is 0.139 e. The van der Waals surface area contributed by atoms with Crippen molar-refractivity contribution < 1.29 is 10.2 Å². The van der Waals surface area contributed by atoms with Crippen LogP contribution in [0, 0.1) is 5.92 Å².